The molecule has 1 aromatic heterocycles. The van der Waals surface area contributed by atoms with Gasteiger partial charge in [0.25, 0.3) is 11.6 Å². The van der Waals surface area contributed by atoms with Crippen molar-refractivity contribution in [2.45, 2.75) is 33.2 Å². The smallest absolute Gasteiger partial charge is 0.287 e. The fourth-order valence-corrected chi connectivity index (χ4v) is 1.89. The van der Waals surface area contributed by atoms with Crippen LogP contribution in [0, 0.1) is 10.1 Å². The van der Waals surface area contributed by atoms with Gasteiger partial charge in [-0.3, -0.25) is 14.9 Å². The van der Waals surface area contributed by atoms with Crippen LogP contribution in [-0.2, 0) is 6.54 Å². The van der Waals surface area contributed by atoms with Gasteiger partial charge in [0.05, 0.1) is 11.1 Å². The van der Waals surface area contributed by atoms with E-state index in [9.17, 15) is 14.9 Å². The quantitative estimate of drug-likeness (QED) is 0.408. The molecule has 0 atom stereocenters. The molecule has 2 N–H and O–H groups in total. The van der Waals surface area contributed by atoms with Crippen LogP contribution >= 0.6 is 0 Å². The van der Waals surface area contributed by atoms with Crippen LogP contribution in [0.1, 0.15) is 37.2 Å². The van der Waals surface area contributed by atoms with Crippen LogP contribution in [0.3, 0.4) is 0 Å². The van der Waals surface area contributed by atoms with E-state index in [0.717, 1.165) is 25.9 Å². The molecule has 7 heteroatoms. The summed E-state index contributed by atoms with van der Waals surface area (Å²) < 4.78 is 1.64. The molecule has 1 amide bonds. The van der Waals surface area contributed by atoms with E-state index in [1.54, 1.807) is 4.57 Å². The summed E-state index contributed by atoms with van der Waals surface area (Å²) in [5.41, 5.74) is 0.304. The molecule has 20 heavy (non-hydrogen) atoms. The van der Waals surface area contributed by atoms with Gasteiger partial charge in [-0.05, 0) is 25.9 Å². The van der Waals surface area contributed by atoms with E-state index < -0.39 is 4.92 Å². The summed E-state index contributed by atoms with van der Waals surface area (Å²) in [7, 11) is 0. The van der Waals surface area contributed by atoms with Gasteiger partial charge in [0.2, 0.25) is 0 Å². The number of carbonyl (C=O) groups is 1. The summed E-state index contributed by atoms with van der Waals surface area (Å²) >= 11 is 0. The number of carbonyl (C=O) groups excluding carboxylic acids is 1. The Morgan fingerprint density at radius 3 is 2.75 bits per heavy atom. The molecule has 0 saturated carbocycles. The van der Waals surface area contributed by atoms with Gasteiger partial charge in [-0.15, -0.1) is 0 Å². The van der Waals surface area contributed by atoms with Crippen molar-refractivity contribution in [1.29, 1.82) is 0 Å². The number of hydrogen-bond acceptors (Lipinski definition) is 4. The Bertz CT molecular complexity index is 456. The molecule has 0 bridgehead atoms. The Balaban J connectivity index is 2.63. The number of nitro groups is 1. The highest BCUT2D eigenvalue weighted by Gasteiger charge is 2.18. The van der Waals surface area contributed by atoms with E-state index in [-0.39, 0.29) is 11.6 Å². The van der Waals surface area contributed by atoms with Gasteiger partial charge in [0.1, 0.15) is 5.69 Å². The SMILES string of the molecule is CCCn1cc([N+](=O)[O-])cc1C(=O)NCCCNCC. The lowest BCUT2D eigenvalue weighted by Crippen LogP contribution is -2.29. The Hall–Kier alpha value is -1.89. The van der Waals surface area contributed by atoms with Crippen LogP contribution in [0.2, 0.25) is 0 Å². The van der Waals surface area contributed by atoms with Crippen LogP contribution in [0.5, 0.6) is 0 Å². The topological polar surface area (TPSA) is 89.2 Å². The third kappa shape index (κ3) is 4.65. The van der Waals surface area contributed by atoms with Crippen LogP contribution in [0.25, 0.3) is 0 Å². The second kappa shape index (κ2) is 8.31. The summed E-state index contributed by atoms with van der Waals surface area (Å²) in [5, 5.41) is 16.7. The first-order valence-corrected chi connectivity index (χ1v) is 6.93. The molecule has 1 aromatic rings. The lowest BCUT2D eigenvalue weighted by Gasteiger charge is -2.08. The van der Waals surface area contributed by atoms with Gasteiger partial charge in [0, 0.05) is 19.2 Å². The number of amides is 1. The number of aryl methyl sites for hydroxylation is 1. The third-order valence-corrected chi connectivity index (χ3v) is 2.86. The molecule has 0 fully saturated rings. The van der Waals surface area contributed by atoms with E-state index in [2.05, 4.69) is 10.6 Å². The fourth-order valence-electron chi connectivity index (χ4n) is 1.89. The Labute approximate surface area is 118 Å². The number of rotatable bonds is 9. The molecule has 7 nitrogen and oxygen atoms in total. The first kappa shape index (κ1) is 16.2. The predicted molar refractivity (Wildman–Crippen MR) is 76.9 cm³/mol. The molecule has 0 aromatic carbocycles. The highest BCUT2D eigenvalue weighted by atomic mass is 16.6. The molecule has 0 aliphatic carbocycles. The van der Waals surface area contributed by atoms with Crippen molar-refractivity contribution in [3.63, 3.8) is 0 Å². The molecule has 0 radical (unpaired) electrons. The van der Waals surface area contributed by atoms with Crippen LogP contribution in [0.15, 0.2) is 12.3 Å². The fraction of sp³-hybridized carbons (Fsp3) is 0.615. The van der Waals surface area contributed by atoms with Gasteiger partial charge in [0.15, 0.2) is 0 Å². The first-order chi connectivity index (χ1) is 9.60. The van der Waals surface area contributed by atoms with Crippen molar-refractivity contribution in [2.24, 2.45) is 0 Å². The van der Waals surface area contributed by atoms with Gasteiger partial charge in [-0.1, -0.05) is 13.8 Å². The largest absolute Gasteiger partial charge is 0.351 e. The van der Waals surface area contributed by atoms with Crippen LogP contribution in [-0.4, -0.2) is 35.0 Å². The van der Waals surface area contributed by atoms with E-state index in [4.69, 9.17) is 0 Å². The summed E-state index contributed by atoms with van der Waals surface area (Å²) in [6.45, 7) is 6.87. The molecular formula is C13H22N4O3. The lowest BCUT2D eigenvalue weighted by molar-refractivity contribution is -0.384. The van der Waals surface area contributed by atoms with E-state index >= 15 is 0 Å². The van der Waals surface area contributed by atoms with E-state index in [1.165, 1.54) is 12.3 Å². The molecule has 0 unspecified atom stereocenters. The van der Waals surface area contributed by atoms with Gasteiger partial charge in [-0.25, -0.2) is 0 Å². The monoisotopic (exact) mass is 282 g/mol. The average Bonchev–Trinajstić information content (AvgIpc) is 2.83. The number of hydrogen-bond donors (Lipinski definition) is 2. The standard InChI is InChI=1S/C13H22N4O3/c1-3-8-16-10-11(17(19)20)9-12(16)13(18)15-7-5-6-14-4-2/h9-10,14H,3-8H2,1-2H3,(H,15,18). The van der Waals surface area contributed by atoms with Gasteiger partial charge in [-0.2, -0.15) is 0 Å². The molecule has 0 aliphatic rings. The highest BCUT2D eigenvalue weighted by molar-refractivity contribution is 5.93. The zero-order valence-electron chi connectivity index (χ0n) is 12.0. The third-order valence-electron chi connectivity index (χ3n) is 2.86. The molecule has 112 valence electrons. The van der Waals surface area contributed by atoms with E-state index in [0.29, 0.717) is 18.8 Å². The molecule has 0 spiro atoms. The Morgan fingerprint density at radius 1 is 1.40 bits per heavy atom. The number of nitrogens with zero attached hydrogens (tertiary/aromatic N) is 2. The minimum Gasteiger partial charge on any atom is -0.351 e. The molecule has 0 saturated heterocycles. The van der Waals surface area contributed by atoms with Gasteiger partial charge >= 0.3 is 0 Å². The van der Waals surface area contributed by atoms with Crippen molar-refractivity contribution in [3.05, 3.63) is 28.1 Å². The molecular weight excluding hydrogens is 260 g/mol. The maximum absolute atomic E-state index is 12.0. The summed E-state index contributed by atoms with van der Waals surface area (Å²) in [4.78, 5) is 22.3. The molecule has 1 rings (SSSR count). The molecule has 0 aliphatic heterocycles. The van der Waals surface area contributed by atoms with Crippen molar-refractivity contribution in [3.8, 4) is 0 Å². The second-order valence-corrected chi connectivity index (χ2v) is 4.50. The maximum Gasteiger partial charge on any atom is 0.287 e. The summed E-state index contributed by atoms with van der Waals surface area (Å²) in [6, 6.07) is 1.33. The Kier molecular flexibility index (Phi) is 6.72. The normalized spacial score (nSPS) is 10.5. The van der Waals surface area contributed by atoms with Crippen molar-refractivity contribution < 1.29 is 9.72 Å². The average molecular weight is 282 g/mol. The van der Waals surface area contributed by atoms with E-state index in [1.807, 2.05) is 13.8 Å². The molecule has 1 heterocycles. The van der Waals surface area contributed by atoms with Crippen LogP contribution < -0.4 is 10.6 Å². The number of nitrogens with one attached hydrogen (secondary N) is 2. The predicted octanol–water partition coefficient (Wildman–Crippen LogP) is 1.54. The summed E-state index contributed by atoms with van der Waals surface area (Å²) in [6.07, 6.45) is 3.06. The number of aromatic nitrogens is 1. The maximum atomic E-state index is 12.0. The minimum absolute atomic E-state index is 0.0451. The zero-order valence-corrected chi connectivity index (χ0v) is 12.0. The van der Waals surface area contributed by atoms with Crippen LogP contribution in [0.4, 0.5) is 5.69 Å². The highest BCUT2D eigenvalue weighted by Crippen LogP contribution is 2.16. The summed E-state index contributed by atoms with van der Waals surface area (Å²) in [5.74, 6) is -0.261. The van der Waals surface area contributed by atoms with Gasteiger partial charge < -0.3 is 15.2 Å². The second-order valence-electron chi connectivity index (χ2n) is 4.50. The Morgan fingerprint density at radius 2 is 2.15 bits per heavy atom. The van der Waals surface area contributed by atoms with Crippen molar-refractivity contribution >= 4 is 11.6 Å². The lowest BCUT2D eigenvalue weighted by atomic mass is 10.3. The van der Waals surface area contributed by atoms with Crippen molar-refractivity contribution in [1.82, 2.24) is 15.2 Å². The minimum atomic E-state index is -0.478. The first-order valence-electron chi connectivity index (χ1n) is 6.93. The zero-order chi connectivity index (χ0) is 15.0. The van der Waals surface area contributed by atoms with Crippen molar-refractivity contribution in [2.75, 3.05) is 19.6 Å².